The number of carbonyl (C=O) groups is 2. The number of hydrogen-bond acceptors (Lipinski definition) is 7. The van der Waals surface area contributed by atoms with Gasteiger partial charge >= 0.3 is 0 Å². The molecule has 3 rings (SSSR count). The molecule has 0 radical (unpaired) electrons. The first-order valence-corrected chi connectivity index (χ1v) is 11.9. The van der Waals surface area contributed by atoms with Crippen molar-refractivity contribution in [3.63, 3.8) is 0 Å². The number of aldehydes is 1. The van der Waals surface area contributed by atoms with Crippen molar-refractivity contribution < 1.29 is 14.3 Å². The first-order chi connectivity index (χ1) is 14.2. The topological polar surface area (TPSA) is 71.5 Å². The molecule has 6 nitrogen and oxygen atoms in total. The van der Waals surface area contributed by atoms with Gasteiger partial charge in [0.15, 0.2) is 10.6 Å². The van der Waals surface area contributed by atoms with Crippen LogP contribution in [0, 0.1) is 0 Å². The van der Waals surface area contributed by atoms with Gasteiger partial charge in [-0.15, -0.1) is 11.3 Å². The molecule has 8 heteroatoms. The number of ether oxygens (including phenoxy) is 1. The predicted molar refractivity (Wildman–Crippen MR) is 118 cm³/mol. The number of aromatic nitrogens is 1. The van der Waals surface area contributed by atoms with Crippen molar-refractivity contribution in [3.8, 4) is 5.75 Å². The predicted octanol–water partition coefficient (Wildman–Crippen LogP) is 4.33. The van der Waals surface area contributed by atoms with E-state index in [0.29, 0.717) is 18.7 Å². The van der Waals surface area contributed by atoms with Crippen molar-refractivity contribution in [3.05, 3.63) is 35.3 Å². The van der Waals surface area contributed by atoms with Gasteiger partial charge in [0, 0.05) is 48.4 Å². The summed E-state index contributed by atoms with van der Waals surface area (Å²) in [5, 5.41) is 5.21. The van der Waals surface area contributed by atoms with E-state index in [-0.39, 0.29) is 11.9 Å². The molecule has 1 aromatic heterocycles. The molecule has 0 spiro atoms. The Kier molecular flexibility index (Phi) is 8.37. The van der Waals surface area contributed by atoms with E-state index >= 15 is 0 Å². The van der Waals surface area contributed by atoms with Gasteiger partial charge in [0.25, 0.3) is 0 Å². The van der Waals surface area contributed by atoms with Crippen LogP contribution in [-0.4, -0.2) is 53.6 Å². The van der Waals surface area contributed by atoms with Crippen LogP contribution in [0.15, 0.2) is 34.0 Å². The zero-order chi connectivity index (χ0) is 20.5. The summed E-state index contributed by atoms with van der Waals surface area (Å²) in [6.45, 7) is 4.29. The molecule has 1 N–H and O–H groups in total. The minimum Gasteiger partial charge on any atom is -0.494 e. The maximum absolute atomic E-state index is 12.3. The number of carbonyl (C=O) groups excluding carboxylic acids is 2. The van der Waals surface area contributed by atoms with Crippen LogP contribution in [0.3, 0.4) is 0 Å². The Morgan fingerprint density at radius 1 is 1.45 bits per heavy atom. The fourth-order valence-corrected chi connectivity index (χ4v) is 4.99. The Labute approximate surface area is 180 Å². The van der Waals surface area contributed by atoms with Crippen molar-refractivity contribution in [2.45, 2.75) is 43.0 Å². The fraction of sp³-hybridized carbons (Fsp3) is 0.476. The van der Waals surface area contributed by atoms with E-state index in [1.54, 1.807) is 17.1 Å². The lowest BCUT2D eigenvalue weighted by atomic mass is 10.2. The second-order valence-corrected chi connectivity index (χ2v) is 9.10. The molecule has 0 saturated carbocycles. The number of thiazole rings is 1. The molecule has 1 aromatic carbocycles. The Balaban J connectivity index is 1.47. The van der Waals surface area contributed by atoms with Crippen LogP contribution in [-0.2, 0) is 4.79 Å². The van der Waals surface area contributed by atoms with E-state index < -0.39 is 0 Å². The highest BCUT2D eigenvalue weighted by molar-refractivity contribution is 8.01. The maximum Gasteiger partial charge on any atom is 0.222 e. The average Bonchev–Trinajstić information content (AvgIpc) is 3.34. The number of rotatable bonds is 12. The molecule has 1 atom stereocenters. The van der Waals surface area contributed by atoms with E-state index in [4.69, 9.17) is 4.74 Å². The third-order valence-corrected chi connectivity index (χ3v) is 6.79. The monoisotopic (exact) mass is 433 g/mol. The van der Waals surface area contributed by atoms with E-state index in [0.717, 1.165) is 60.2 Å². The average molecular weight is 434 g/mol. The SMILES string of the molecule is CCCCOc1cccc(NC[C@H]2CCC(=O)N2CCSc2nc(C=O)cs2)c1. The molecule has 29 heavy (non-hydrogen) atoms. The Morgan fingerprint density at radius 2 is 2.34 bits per heavy atom. The van der Waals surface area contributed by atoms with Crippen molar-refractivity contribution >= 4 is 41.0 Å². The van der Waals surface area contributed by atoms with Gasteiger partial charge in [-0.05, 0) is 25.0 Å². The fourth-order valence-electron chi connectivity index (χ4n) is 3.20. The van der Waals surface area contributed by atoms with E-state index in [9.17, 15) is 9.59 Å². The molecular formula is C21H27N3O3S2. The number of anilines is 1. The van der Waals surface area contributed by atoms with Gasteiger partial charge in [0.1, 0.15) is 11.4 Å². The zero-order valence-corrected chi connectivity index (χ0v) is 18.3. The first kappa shape index (κ1) is 21.6. The van der Waals surface area contributed by atoms with Gasteiger partial charge in [0.05, 0.1) is 6.61 Å². The Morgan fingerprint density at radius 3 is 3.14 bits per heavy atom. The first-order valence-electron chi connectivity index (χ1n) is 9.99. The van der Waals surface area contributed by atoms with Crippen LogP contribution < -0.4 is 10.1 Å². The summed E-state index contributed by atoms with van der Waals surface area (Å²) < 4.78 is 6.64. The van der Waals surface area contributed by atoms with Crippen LogP contribution in [0.2, 0.25) is 0 Å². The number of benzene rings is 1. The highest BCUT2D eigenvalue weighted by Gasteiger charge is 2.30. The second kappa shape index (κ2) is 11.2. The molecule has 0 unspecified atom stereocenters. The number of hydrogen-bond donors (Lipinski definition) is 1. The maximum atomic E-state index is 12.3. The van der Waals surface area contributed by atoms with Crippen LogP contribution in [0.5, 0.6) is 5.75 Å². The van der Waals surface area contributed by atoms with Crippen molar-refractivity contribution in [1.82, 2.24) is 9.88 Å². The molecule has 2 aromatic rings. The molecule has 2 heterocycles. The van der Waals surface area contributed by atoms with Crippen LogP contribution >= 0.6 is 23.1 Å². The van der Waals surface area contributed by atoms with Crippen molar-refractivity contribution in [2.24, 2.45) is 0 Å². The summed E-state index contributed by atoms with van der Waals surface area (Å²) in [5.74, 6) is 1.86. The number of amides is 1. The highest BCUT2D eigenvalue weighted by atomic mass is 32.2. The van der Waals surface area contributed by atoms with Gasteiger partial charge in [-0.3, -0.25) is 9.59 Å². The van der Waals surface area contributed by atoms with Gasteiger partial charge in [-0.2, -0.15) is 0 Å². The van der Waals surface area contributed by atoms with Crippen molar-refractivity contribution in [2.75, 3.05) is 30.8 Å². The standard InChI is InChI=1S/C21H27N3O3S2/c1-2-3-10-27-19-6-4-5-16(12-19)22-13-18-7-8-20(26)24(18)9-11-28-21-23-17(14-25)15-29-21/h4-6,12,14-15,18,22H,2-3,7-11,13H2,1H3/t18-/m1/s1. The summed E-state index contributed by atoms with van der Waals surface area (Å²) in [7, 11) is 0. The third kappa shape index (κ3) is 6.47. The molecular weight excluding hydrogens is 406 g/mol. The number of thioether (sulfide) groups is 1. The van der Waals surface area contributed by atoms with E-state index in [2.05, 4.69) is 17.2 Å². The largest absolute Gasteiger partial charge is 0.494 e. The highest BCUT2D eigenvalue weighted by Crippen LogP contribution is 2.25. The smallest absolute Gasteiger partial charge is 0.222 e. The number of likely N-dealkylation sites (tertiary alicyclic amines) is 1. The van der Waals surface area contributed by atoms with Gasteiger partial charge in [-0.25, -0.2) is 4.98 Å². The van der Waals surface area contributed by atoms with Gasteiger partial charge in [0.2, 0.25) is 5.91 Å². The lowest BCUT2D eigenvalue weighted by Gasteiger charge is -2.25. The van der Waals surface area contributed by atoms with Crippen LogP contribution in [0.25, 0.3) is 0 Å². The minimum absolute atomic E-state index is 0.189. The molecule has 1 amide bonds. The summed E-state index contributed by atoms with van der Waals surface area (Å²) in [5.41, 5.74) is 1.48. The summed E-state index contributed by atoms with van der Waals surface area (Å²) in [6.07, 6.45) is 4.39. The molecule has 1 aliphatic rings. The number of nitrogens with one attached hydrogen (secondary N) is 1. The molecule has 1 fully saturated rings. The number of unbranched alkanes of at least 4 members (excludes halogenated alkanes) is 1. The van der Waals surface area contributed by atoms with E-state index in [1.165, 1.54) is 11.3 Å². The summed E-state index contributed by atoms with van der Waals surface area (Å²) in [4.78, 5) is 29.2. The van der Waals surface area contributed by atoms with E-state index in [1.807, 2.05) is 29.2 Å². The third-order valence-electron chi connectivity index (χ3n) is 4.77. The minimum atomic E-state index is 0.189. The Hall–Kier alpha value is -2.06. The second-order valence-electron chi connectivity index (χ2n) is 6.89. The Bertz CT molecular complexity index is 812. The van der Waals surface area contributed by atoms with Crippen LogP contribution in [0.1, 0.15) is 43.1 Å². The molecule has 0 aliphatic carbocycles. The molecule has 1 aliphatic heterocycles. The summed E-state index contributed by atoms with van der Waals surface area (Å²) in [6, 6.07) is 8.18. The molecule has 156 valence electrons. The van der Waals surface area contributed by atoms with Gasteiger partial charge in [-0.1, -0.05) is 31.2 Å². The quantitative estimate of drug-likeness (QED) is 0.305. The molecule has 1 saturated heterocycles. The van der Waals surface area contributed by atoms with Gasteiger partial charge < -0.3 is 15.0 Å². The van der Waals surface area contributed by atoms with Crippen LogP contribution in [0.4, 0.5) is 5.69 Å². The van der Waals surface area contributed by atoms with Crippen molar-refractivity contribution in [1.29, 1.82) is 0 Å². The summed E-state index contributed by atoms with van der Waals surface area (Å²) >= 11 is 3.06. The lowest BCUT2D eigenvalue weighted by Crippen LogP contribution is -2.39. The number of nitrogens with zero attached hydrogens (tertiary/aromatic N) is 2. The zero-order valence-electron chi connectivity index (χ0n) is 16.6. The molecule has 0 bridgehead atoms. The lowest BCUT2D eigenvalue weighted by molar-refractivity contribution is -0.128. The normalized spacial score (nSPS) is 16.2.